The molecule has 10 heteroatoms. The first kappa shape index (κ1) is 26.2. The van der Waals surface area contributed by atoms with Crippen LogP contribution in [0.3, 0.4) is 0 Å². The van der Waals surface area contributed by atoms with E-state index in [1.165, 1.54) is 11.0 Å². The molecule has 1 aliphatic heterocycles. The first-order chi connectivity index (χ1) is 17.3. The molecule has 3 aromatic carbocycles. The average molecular weight is 606 g/mol. The zero-order valence-corrected chi connectivity index (χ0v) is 22.8. The summed E-state index contributed by atoms with van der Waals surface area (Å²) in [6, 6.07) is 17.4. The standard InChI is InChI=1S/C26H19BrCl2N2O4S/c1-2-34-23-11-15(6-9-22(23)35-14-16-7-8-18(28)13-21(16)29)10-20-24(32)30-26(36)31(25(20)33)19-5-3-4-17(27)12-19/h3-13H,2,14H2,1H3,(H,30,32,36)/b20-10+. The zero-order valence-electron chi connectivity index (χ0n) is 18.9. The number of benzene rings is 3. The molecule has 184 valence electrons. The summed E-state index contributed by atoms with van der Waals surface area (Å²) in [4.78, 5) is 27.2. The number of amides is 2. The van der Waals surface area contributed by atoms with Crippen LogP contribution in [-0.2, 0) is 16.2 Å². The third kappa shape index (κ3) is 5.90. The third-order valence-electron chi connectivity index (χ3n) is 5.14. The van der Waals surface area contributed by atoms with Gasteiger partial charge in [-0.3, -0.25) is 19.8 Å². The van der Waals surface area contributed by atoms with E-state index in [9.17, 15) is 9.59 Å². The number of carbonyl (C=O) groups is 2. The Morgan fingerprint density at radius 3 is 2.56 bits per heavy atom. The number of hydrogen-bond acceptors (Lipinski definition) is 5. The van der Waals surface area contributed by atoms with Gasteiger partial charge in [-0.15, -0.1) is 0 Å². The molecule has 2 amide bonds. The largest absolute Gasteiger partial charge is 0.490 e. The fourth-order valence-electron chi connectivity index (χ4n) is 3.47. The Labute approximate surface area is 231 Å². The molecule has 0 bridgehead atoms. The predicted octanol–water partition coefficient (Wildman–Crippen LogP) is 6.56. The first-order valence-corrected chi connectivity index (χ1v) is 12.7. The molecule has 1 aliphatic rings. The van der Waals surface area contributed by atoms with Crippen molar-refractivity contribution in [2.24, 2.45) is 0 Å². The lowest BCUT2D eigenvalue weighted by molar-refractivity contribution is -0.122. The summed E-state index contributed by atoms with van der Waals surface area (Å²) in [7, 11) is 0. The van der Waals surface area contributed by atoms with Gasteiger partial charge in [-0.25, -0.2) is 0 Å². The van der Waals surface area contributed by atoms with Gasteiger partial charge in [-0.2, -0.15) is 0 Å². The number of nitrogens with one attached hydrogen (secondary N) is 1. The zero-order chi connectivity index (χ0) is 25.8. The molecule has 0 saturated carbocycles. The maximum atomic E-state index is 13.3. The van der Waals surface area contributed by atoms with Gasteiger partial charge in [0.1, 0.15) is 12.2 Å². The number of halogens is 3. The Hall–Kier alpha value is -2.91. The van der Waals surface area contributed by atoms with Crippen LogP contribution in [0.25, 0.3) is 6.08 Å². The Morgan fingerprint density at radius 1 is 1.03 bits per heavy atom. The van der Waals surface area contributed by atoms with E-state index in [1.54, 1.807) is 54.6 Å². The molecule has 0 aliphatic carbocycles. The van der Waals surface area contributed by atoms with Gasteiger partial charge >= 0.3 is 0 Å². The van der Waals surface area contributed by atoms with Crippen molar-refractivity contribution >= 4 is 80.0 Å². The van der Waals surface area contributed by atoms with Crippen LogP contribution >= 0.6 is 51.3 Å². The highest BCUT2D eigenvalue weighted by molar-refractivity contribution is 9.10. The average Bonchev–Trinajstić information content (AvgIpc) is 2.82. The van der Waals surface area contributed by atoms with Crippen LogP contribution in [-0.4, -0.2) is 23.5 Å². The van der Waals surface area contributed by atoms with Gasteiger partial charge in [0, 0.05) is 20.1 Å². The number of thiocarbonyl (C=S) groups is 1. The van der Waals surface area contributed by atoms with Crippen molar-refractivity contribution in [2.75, 3.05) is 11.5 Å². The van der Waals surface area contributed by atoms with Crippen molar-refractivity contribution in [3.05, 3.63) is 91.9 Å². The Bertz CT molecular complexity index is 1400. The molecule has 1 heterocycles. The molecule has 0 radical (unpaired) electrons. The maximum Gasteiger partial charge on any atom is 0.270 e. The number of rotatable bonds is 7. The minimum absolute atomic E-state index is 0.0138. The van der Waals surface area contributed by atoms with Crippen molar-refractivity contribution in [1.82, 2.24) is 5.32 Å². The second-order valence-electron chi connectivity index (χ2n) is 7.60. The molecule has 0 unspecified atom stereocenters. The van der Waals surface area contributed by atoms with E-state index in [1.807, 2.05) is 13.0 Å². The normalized spacial score (nSPS) is 14.7. The Kier molecular flexibility index (Phi) is 8.31. The van der Waals surface area contributed by atoms with Crippen LogP contribution in [0.15, 0.2) is 70.7 Å². The number of anilines is 1. The van der Waals surface area contributed by atoms with Crippen LogP contribution in [0.1, 0.15) is 18.1 Å². The van der Waals surface area contributed by atoms with Crippen molar-refractivity contribution in [3.8, 4) is 11.5 Å². The van der Waals surface area contributed by atoms with E-state index in [0.29, 0.717) is 39.4 Å². The lowest BCUT2D eigenvalue weighted by Crippen LogP contribution is -2.54. The SMILES string of the molecule is CCOc1cc(/C=C2\C(=O)NC(=S)N(c3cccc(Br)c3)C2=O)ccc1OCc1ccc(Cl)cc1Cl. The first-order valence-electron chi connectivity index (χ1n) is 10.8. The smallest absolute Gasteiger partial charge is 0.270 e. The Balaban J connectivity index is 1.61. The molecule has 36 heavy (non-hydrogen) atoms. The highest BCUT2D eigenvalue weighted by Gasteiger charge is 2.34. The summed E-state index contributed by atoms with van der Waals surface area (Å²) in [5, 5.41) is 3.63. The lowest BCUT2D eigenvalue weighted by atomic mass is 10.1. The quantitative estimate of drug-likeness (QED) is 0.188. The number of ether oxygens (including phenoxy) is 2. The number of hydrogen-bond donors (Lipinski definition) is 1. The Morgan fingerprint density at radius 2 is 1.83 bits per heavy atom. The molecule has 3 aromatic rings. The van der Waals surface area contributed by atoms with E-state index >= 15 is 0 Å². The van der Waals surface area contributed by atoms with Gasteiger partial charge in [0.05, 0.1) is 12.3 Å². The molecule has 6 nitrogen and oxygen atoms in total. The van der Waals surface area contributed by atoms with E-state index in [0.717, 1.165) is 10.0 Å². The minimum atomic E-state index is -0.577. The highest BCUT2D eigenvalue weighted by atomic mass is 79.9. The summed E-state index contributed by atoms with van der Waals surface area (Å²) in [5.74, 6) is -0.161. The molecule has 4 rings (SSSR count). The van der Waals surface area contributed by atoms with E-state index in [4.69, 9.17) is 44.9 Å². The summed E-state index contributed by atoms with van der Waals surface area (Å²) in [5.41, 5.74) is 1.82. The maximum absolute atomic E-state index is 13.3. The van der Waals surface area contributed by atoms with E-state index in [-0.39, 0.29) is 17.3 Å². The molecule has 0 atom stereocenters. The van der Waals surface area contributed by atoms with E-state index in [2.05, 4.69) is 21.2 Å². The van der Waals surface area contributed by atoms with Gasteiger partial charge in [-0.05, 0) is 73.2 Å². The van der Waals surface area contributed by atoms with Crippen molar-refractivity contribution in [2.45, 2.75) is 13.5 Å². The van der Waals surface area contributed by atoms with Gasteiger partial charge in [0.2, 0.25) is 0 Å². The van der Waals surface area contributed by atoms with Gasteiger partial charge < -0.3 is 9.47 Å². The van der Waals surface area contributed by atoms with Crippen LogP contribution in [0.2, 0.25) is 10.0 Å². The van der Waals surface area contributed by atoms with Crippen LogP contribution in [0, 0.1) is 0 Å². The molecule has 0 spiro atoms. The molecular weight excluding hydrogens is 587 g/mol. The van der Waals surface area contributed by atoms with Crippen molar-refractivity contribution in [1.29, 1.82) is 0 Å². The second kappa shape index (κ2) is 11.4. The number of nitrogens with zero attached hydrogens (tertiary/aromatic N) is 1. The fourth-order valence-corrected chi connectivity index (χ4v) is 4.60. The minimum Gasteiger partial charge on any atom is -0.490 e. The molecule has 1 saturated heterocycles. The molecule has 1 N–H and O–H groups in total. The number of carbonyl (C=O) groups excluding carboxylic acids is 2. The lowest BCUT2D eigenvalue weighted by Gasteiger charge is -2.29. The molecule has 0 aromatic heterocycles. The summed E-state index contributed by atoms with van der Waals surface area (Å²) in [6.45, 7) is 2.44. The summed E-state index contributed by atoms with van der Waals surface area (Å²) >= 11 is 20.9. The summed E-state index contributed by atoms with van der Waals surface area (Å²) < 4.78 is 12.5. The van der Waals surface area contributed by atoms with Crippen LogP contribution < -0.4 is 19.7 Å². The van der Waals surface area contributed by atoms with Gasteiger partial charge in [-0.1, -0.05) is 57.3 Å². The fraction of sp³-hybridized carbons (Fsp3) is 0.115. The molecular formula is C26H19BrCl2N2O4S. The third-order valence-corrected chi connectivity index (χ3v) is 6.51. The van der Waals surface area contributed by atoms with Crippen molar-refractivity contribution in [3.63, 3.8) is 0 Å². The highest BCUT2D eigenvalue weighted by Crippen LogP contribution is 2.32. The predicted molar refractivity (Wildman–Crippen MR) is 149 cm³/mol. The van der Waals surface area contributed by atoms with E-state index < -0.39 is 11.8 Å². The molecule has 1 fully saturated rings. The van der Waals surface area contributed by atoms with Gasteiger partial charge in [0.25, 0.3) is 11.8 Å². The monoisotopic (exact) mass is 604 g/mol. The summed E-state index contributed by atoms with van der Waals surface area (Å²) in [6.07, 6.45) is 1.49. The van der Waals surface area contributed by atoms with Crippen LogP contribution in [0.5, 0.6) is 11.5 Å². The van der Waals surface area contributed by atoms with Crippen molar-refractivity contribution < 1.29 is 19.1 Å². The van der Waals surface area contributed by atoms with Gasteiger partial charge in [0.15, 0.2) is 16.6 Å². The van der Waals surface area contributed by atoms with Crippen LogP contribution in [0.4, 0.5) is 5.69 Å². The second-order valence-corrected chi connectivity index (χ2v) is 9.75. The topological polar surface area (TPSA) is 67.9 Å².